The molecule has 0 bridgehead atoms. The van der Waals surface area contributed by atoms with Gasteiger partial charge in [-0.15, -0.1) is 0 Å². The molecule has 6 rings (SSSR count). The van der Waals surface area contributed by atoms with E-state index in [1.165, 1.54) is 277 Å². The summed E-state index contributed by atoms with van der Waals surface area (Å²) in [6.45, 7) is 9.22. The first-order valence-corrected chi connectivity index (χ1v) is 33.6. The van der Waals surface area contributed by atoms with Crippen molar-refractivity contribution in [2.75, 3.05) is 0 Å². The third-order valence-corrected chi connectivity index (χ3v) is 18.1. The lowest BCUT2D eigenvalue weighted by Gasteiger charge is -2.29. The molecule has 428 valence electrons. The molecule has 2 aliphatic rings. The molecule has 0 atom stereocenters. The molecule has 2 saturated carbocycles. The van der Waals surface area contributed by atoms with Crippen molar-refractivity contribution in [2.24, 2.45) is 11.8 Å². The van der Waals surface area contributed by atoms with E-state index in [2.05, 4.69) is 88.9 Å². The fraction of sp³-hybridized carbons (Fsp3) is 0.722. The first-order valence-electron chi connectivity index (χ1n) is 33.6. The number of nitrogens with zero attached hydrogens (tertiary/aromatic N) is 4. The van der Waals surface area contributed by atoms with Crippen LogP contribution < -0.4 is 4.74 Å². The van der Waals surface area contributed by atoms with E-state index in [-0.39, 0.29) is 0 Å². The van der Waals surface area contributed by atoms with Gasteiger partial charge in [-0.3, -0.25) is 0 Å². The Bertz CT molecular complexity index is 1930. The van der Waals surface area contributed by atoms with Crippen LogP contribution in [0.3, 0.4) is 0 Å². The highest BCUT2D eigenvalue weighted by Gasteiger charge is 2.28. The molecule has 2 aliphatic carbocycles. The molecule has 2 aromatic heterocycles. The van der Waals surface area contributed by atoms with Crippen molar-refractivity contribution in [3.8, 4) is 11.5 Å². The summed E-state index contributed by atoms with van der Waals surface area (Å²) in [4.78, 5) is 19.9. The van der Waals surface area contributed by atoms with Gasteiger partial charge >= 0.3 is 0 Å². The standard InChI is InChI=1S/C72H114N4O/c1-5-9-13-17-21-25-27-31-35-59-43-49-69(67(51-59)53-61-39-45-65(46-40-61)71-73-55-63(56-74-71)37-33-29-23-19-15-11-7-3)77-70-50-44-60(36-32-28-26-22-18-14-10-6-2)52-68(70)54-62-41-47-66(48-42-62)72-75-57-64(58-76-72)38-34-30-24-20-16-12-8-4/h43-44,49-52,55-58,61-62,65-66H,5-42,45-48,53-54H2,1-4H3. The highest BCUT2D eigenvalue weighted by molar-refractivity contribution is 5.45. The summed E-state index contributed by atoms with van der Waals surface area (Å²) >= 11 is 0. The first kappa shape index (κ1) is 62.6. The van der Waals surface area contributed by atoms with Crippen molar-refractivity contribution in [1.82, 2.24) is 19.9 Å². The van der Waals surface area contributed by atoms with Gasteiger partial charge in [0, 0.05) is 36.6 Å². The van der Waals surface area contributed by atoms with Gasteiger partial charge in [0.2, 0.25) is 0 Å². The van der Waals surface area contributed by atoms with Gasteiger partial charge in [-0.05, 0) is 173 Å². The van der Waals surface area contributed by atoms with Crippen LogP contribution >= 0.6 is 0 Å². The van der Waals surface area contributed by atoms with Gasteiger partial charge in [0.05, 0.1) is 0 Å². The molecule has 5 nitrogen and oxygen atoms in total. The van der Waals surface area contributed by atoms with Crippen molar-refractivity contribution >= 4 is 0 Å². The second-order valence-corrected chi connectivity index (χ2v) is 24.9. The van der Waals surface area contributed by atoms with Gasteiger partial charge in [-0.1, -0.05) is 219 Å². The Labute approximate surface area is 474 Å². The molecule has 0 aliphatic heterocycles. The summed E-state index contributed by atoms with van der Waals surface area (Å²) in [5, 5.41) is 0. The van der Waals surface area contributed by atoms with E-state index in [4.69, 9.17) is 24.7 Å². The van der Waals surface area contributed by atoms with E-state index in [1.807, 2.05) is 0 Å². The molecule has 0 spiro atoms. The van der Waals surface area contributed by atoms with Crippen LogP contribution in [-0.2, 0) is 38.5 Å². The Morgan fingerprint density at radius 2 is 0.597 bits per heavy atom. The van der Waals surface area contributed by atoms with E-state index in [9.17, 15) is 0 Å². The highest BCUT2D eigenvalue weighted by Crippen LogP contribution is 2.41. The summed E-state index contributed by atoms with van der Waals surface area (Å²) in [5.41, 5.74) is 8.43. The largest absolute Gasteiger partial charge is 0.457 e. The van der Waals surface area contributed by atoms with Crippen molar-refractivity contribution in [3.63, 3.8) is 0 Å². The molecule has 0 saturated heterocycles. The quantitative estimate of drug-likeness (QED) is 0.0414. The van der Waals surface area contributed by atoms with Crippen LogP contribution in [0.2, 0.25) is 0 Å². The van der Waals surface area contributed by atoms with Gasteiger partial charge in [-0.2, -0.15) is 0 Å². The van der Waals surface area contributed by atoms with Gasteiger partial charge in [0.25, 0.3) is 0 Å². The summed E-state index contributed by atoms with van der Waals surface area (Å²) in [5.74, 6) is 6.57. The minimum Gasteiger partial charge on any atom is -0.457 e. The van der Waals surface area contributed by atoms with Crippen LogP contribution in [0.5, 0.6) is 11.5 Å². The van der Waals surface area contributed by atoms with E-state index in [0.717, 1.165) is 61.7 Å². The molecule has 4 aromatic rings. The van der Waals surface area contributed by atoms with Crippen LogP contribution in [0.4, 0.5) is 0 Å². The summed E-state index contributed by atoms with van der Waals surface area (Å²) in [6.07, 6.45) is 65.5. The Kier molecular flexibility index (Phi) is 31.6. The maximum Gasteiger partial charge on any atom is 0.131 e. The predicted molar refractivity (Wildman–Crippen MR) is 330 cm³/mol. The summed E-state index contributed by atoms with van der Waals surface area (Å²) in [6, 6.07) is 14.6. The zero-order chi connectivity index (χ0) is 53.8. The topological polar surface area (TPSA) is 60.8 Å². The van der Waals surface area contributed by atoms with E-state index in [0.29, 0.717) is 23.7 Å². The van der Waals surface area contributed by atoms with Gasteiger partial charge < -0.3 is 4.74 Å². The fourth-order valence-electron chi connectivity index (χ4n) is 13.0. The maximum absolute atomic E-state index is 7.29. The minimum atomic E-state index is 0.474. The molecular formula is C72H114N4O. The third kappa shape index (κ3) is 24.8. The molecular weight excluding hydrogens is 937 g/mol. The first-order chi connectivity index (χ1) is 38.0. The van der Waals surface area contributed by atoms with Crippen LogP contribution in [0.1, 0.15) is 329 Å². The molecule has 0 radical (unpaired) electrons. The van der Waals surface area contributed by atoms with Gasteiger partial charge in [0.1, 0.15) is 23.1 Å². The van der Waals surface area contributed by atoms with Crippen LogP contribution in [0.25, 0.3) is 0 Å². The number of rotatable bonds is 42. The monoisotopic (exact) mass is 1050 g/mol. The van der Waals surface area contributed by atoms with Gasteiger partial charge in [-0.25, -0.2) is 19.9 Å². The lowest BCUT2D eigenvalue weighted by Crippen LogP contribution is -2.18. The molecule has 0 N–H and O–H groups in total. The predicted octanol–water partition coefficient (Wildman–Crippen LogP) is 22.0. The van der Waals surface area contributed by atoms with Crippen LogP contribution in [0, 0.1) is 11.8 Å². The Hall–Kier alpha value is -3.60. The third-order valence-electron chi connectivity index (χ3n) is 18.1. The number of benzene rings is 2. The summed E-state index contributed by atoms with van der Waals surface area (Å²) in [7, 11) is 0. The molecule has 5 heteroatoms. The van der Waals surface area contributed by atoms with Crippen LogP contribution in [0.15, 0.2) is 61.2 Å². The zero-order valence-corrected chi connectivity index (χ0v) is 50.4. The average molecular weight is 1050 g/mol. The number of hydrogen-bond donors (Lipinski definition) is 0. The molecule has 0 unspecified atom stereocenters. The Balaban J connectivity index is 1.09. The molecule has 77 heavy (non-hydrogen) atoms. The zero-order valence-electron chi connectivity index (χ0n) is 50.4. The Morgan fingerprint density at radius 1 is 0.325 bits per heavy atom. The minimum absolute atomic E-state index is 0.474. The van der Waals surface area contributed by atoms with Gasteiger partial charge in [0.15, 0.2) is 0 Å². The highest BCUT2D eigenvalue weighted by atomic mass is 16.5. The number of aromatic nitrogens is 4. The molecule has 2 fully saturated rings. The smallest absolute Gasteiger partial charge is 0.131 e. The van der Waals surface area contributed by atoms with Crippen molar-refractivity contribution in [1.29, 1.82) is 0 Å². The number of hydrogen-bond acceptors (Lipinski definition) is 5. The van der Waals surface area contributed by atoms with Crippen LogP contribution in [-0.4, -0.2) is 19.9 Å². The SMILES string of the molecule is CCCCCCCCCCc1ccc(Oc2ccc(CCCCCCCCCC)cc2CC2CCC(c3ncc(CCCCCCCCC)cn3)CC2)c(CC2CCC(c3ncc(CCCCCCCCC)cn3)CC2)c1. The fourth-order valence-corrected chi connectivity index (χ4v) is 13.0. The van der Waals surface area contributed by atoms with E-state index < -0.39 is 0 Å². The van der Waals surface area contributed by atoms with Crippen molar-refractivity contribution < 1.29 is 4.74 Å². The lowest BCUT2D eigenvalue weighted by molar-refractivity contribution is 0.312. The number of aryl methyl sites for hydroxylation is 4. The molecule has 2 aromatic carbocycles. The second-order valence-electron chi connectivity index (χ2n) is 24.9. The van der Waals surface area contributed by atoms with Crippen molar-refractivity contribution in [3.05, 3.63) is 106 Å². The Morgan fingerprint density at radius 3 is 0.896 bits per heavy atom. The maximum atomic E-state index is 7.29. The average Bonchev–Trinajstić information content (AvgIpc) is 3.46. The normalized spacial score (nSPS) is 17.8. The lowest BCUT2D eigenvalue weighted by atomic mass is 9.78. The van der Waals surface area contributed by atoms with Crippen molar-refractivity contribution in [2.45, 2.75) is 322 Å². The number of unbranched alkanes of at least 4 members (excludes halogenated alkanes) is 26. The molecule has 2 heterocycles. The second kappa shape index (κ2) is 38.9. The van der Waals surface area contributed by atoms with E-state index >= 15 is 0 Å². The molecule has 0 amide bonds. The summed E-state index contributed by atoms with van der Waals surface area (Å²) < 4.78 is 7.29. The van der Waals surface area contributed by atoms with E-state index in [1.54, 1.807) is 0 Å². The number of ether oxygens (including phenoxy) is 1.